The van der Waals surface area contributed by atoms with Gasteiger partial charge < -0.3 is 4.90 Å². The molecule has 0 radical (unpaired) electrons. The average Bonchev–Trinajstić information content (AvgIpc) is 2.78. The molecule has 0 saturated heterocycles. The molecule has 1 aliphatic heterocycles. The molecular weight excluding hydrogens is 362 g/mol. The first-order valence-corrected chi connectivity index (χ1v) is 11.6. The molecule has 1 heterocycles. The Morgan fingerprint density at radius 1 is 0.533 bits per heavy atom. The highest BCUT2D eigenvalue weighted by Gasteiger charge is 2.47. The first-order chi connectivity index (χ1) is 14.9. The zero-order chi connectivity index (χ0) is 19.7. The highest BCUT2D eigenvalue weighted by atomic mass is 15.2. The third-order valence-corrected chi connectivity index (χ3v) is 8.15. The van der Waals surface area contributed by atoms with Gasteiger partial charge in [0.25, 0.3) is 0 Å². The van der Waals surface area contributed by atoms with E-state index >= 15 is 0 Å². The fraction of sp³-hybridized carbons (Fsp3) is 0.310. The molecule has 0 N–H and O–H groups in total. The maximum absolute atomic E-state index is 2.46. The predicted molar refractivity (Wildman–Crippen MR) is 124 cm³/mol. The van der Waals surface area contributed by atoms with Gasteiger partial charge >= 0.3 is 0 Å². The number of nitrogens with zero attached hydrogens (tertiary/aromatic N) is 1. The van der Waals surface area contributed by atoms with Crippen LogP contribution in [-0.4, -0.2) is 0 Å². The number of rotatable bonds is 1. The average molecular weight is 390 g/mol. The smallest absolute Gasteiger partial charge is 0.0540 e. The summed E-state index contributed by atoms with van der Waals surface area (Å²) in [4.78, 5) is 2.46. The van der Waals surface area contributed by atoms with Gasteiger partial charge in [0.2, 0.25) is 0 Å². The zero-order valence-corrected chi connectivity index (χ0v) is 17.3. The van der Waals surface area contributed by atoms with Gasteiger partial charge in [-0.15, -0.1) is 0 Å². The number of hydrogen-bond donors (Lipinski definition) is 0. The predicted octanol–water partition coefficient (Wildman–Crippen LogP) is 7.73. The molecule has 1 heteroatoms. The fourth-order valence-electron chi connectivity index (χ4n) is 7.30. The Bertz CT molecular complexity index is 1080. The molecular formula is C29H27N. The van der Waals surface area contributed by atoms with Gasteiger partial charge in [0.1, 0.15) is 0 Å². The third-order valence-electron chi connectivity index (χ3n) is 8.15. The van der Waals surface area contributed by atoms with Crippen molar-refractivity contribution < 1.29 is 0 Å². The van der Waals surface area contributed by atoms with Crippen molar-refractivity contribution in [2.24, 2.45) is 23.7 Å². The molecule has 1 nitrogen and oxygen atoms in total. The van der Waals surface area contributed by atoms with Crippen molar-refractivity contribution in [3.05, 3.63) is 95.6 Å². The van der Waals surface area contributed by atoms with Crippen molar-refractivity contribution in [2.75, 3.05) is 4.90 Å². The van der Waals surface area contributed by atoms with E-state index in [9.17, 15) is 0 Å². The molecule has 30 heavy (non-hydrogen) atoms. The van der Waals surface area contributed by atoms with Crippen LogP contribution in [0, 0.1) is 23.7 Å². The van der Waals surface area contributed by atoms with E-state index in [1.165, 1.54) is 60.3 Å². The number of fused-ring (bicyclic) bond motifs is 2. The number of allylic oxidation sites excluding steroid dienone is 1. The van der Waals surface area contributed by atoms with Gasteiger partial charge in [-0.05, 0) is 85.6 Å². The monoisotopic (exact) mass is 389 g/mol. The summed E-state index contributed by atoms with van der Waals surface area (Å²) in [7, 11) is 0. The van der Waals surface area contributed by atoms with Crippen molar-refractivity contribution in [3.63, 3.8) is 0 Å². The standard InChI is InChI=1S/C29H27N/c1-2-8-23(9-3-1)30-26-12-6-4-10-24(26)29(25-11-5-7-13-27(25)30)28-21-15-19-14-20(17-21)18-22(28)16-19/h1-13,19-22H,14-18H2. The van der Waals surface area contributed by atoms with E-state index in [2.05, 4.69) is 83.8 Å². The highest BCUT2D eigenvalue weighted by molar-refractivity contribution is 6.02. The van der Waals surface area contributed by atoms with Crippen LogP contribution in [0.15, 0.2) is 84.4 Å². The van der Waals surface area contributed by atoms with Gasteiger partial charge in [0, 0.05) is 16.8 Å². The molecule has 4 fully saturated rings. The quantitative estimate of drug-likeness (QED) is 0.322. The molecule has 0 spiro atoms. The summed E-state index contributed by atoms with van der Waals surface area (Å²) >= 11 is 0. The molecule has 3 aromatic rings. The van der Waals surface area contributed by atoms with Crippen molar-refractivity contribution in [1.29, 1.82) is 0 Å². The van der Waals surface area contributed by atoms with Crippen LogP contribution in [0.25, 0.3) is 5.57 Å². The fourth-order valence-corrected chi connectivity index (χ4v) is 7.30. The van der Waals surface area contributed by atoms with Crippen molar-refractivity contribution in [2.45, 2.75) is 32.1 Å². The molecule has 148 valence electrons. The molecule has 5 aliphatic rings. The molecule has 4 saturated carbocycles. The second-order valence-electron chi connectivity index (χ2n) is 9.84. The van der Waals surface area contributed by atoms with E-state index in [-0.39, 0.29) is 0 Å². The molecule has 0 amide bonds. The number of para-hydroxylation sites is 3. The van der Waals surface area contributed by atoms with E-state index < -0.39 is 0 Å². The summed E-state index contributed by atoms with van der Waals surface area (Å²) in [6.07, 6.45) is 7.22. The lowest BCUT2D eigenvalue weighted by Gasteiger charge is -2.53. The van der Waals surface area contributed by atoms with Gasteiger partial charge in [-0.2, -0.15) is 0 Å². The minimum atomic E-state index is 0.806. The molecule has 0 atom stereocenters. The van der Waals surface area contributed by atoms with Crippen LogP contribution in [-0.2, 0) is 0 Å². The van der Waals surface area contributed by atoms with Crippen LogP contribution < -0.4 is 4.90 Å². The Morgan fingerprint density at radius 3 is 1.60 bits per heavy atom. The highest BCUT2D eigenvalue weighted by Crippen LogP contribution is 2.60. The minimum Gasteiger partial charge on any atom is -0.309 e. The Balaban J connectivity index is 1.51. The molecule has 0 aromatic heterocycles. The van der Waals surface area contributed by atoms with E-state index in [0.29, 0.717) is 0 Å². The Hall–Kier alpha value is -2.80. The van der Waals surface area contributed by atoms with Crippen molar-refractivity contribution in [1.82, 2.24) is 0 Å². The summed E-state index contributed by atoms with van der Waals surface area (Å²) in [5.74, 6) is 3.60. The minimum absolute atomic E-state index is 0.806. The lowest BCUT2D eigenvalue weighted by Crippen LogP contribution is -2.41. The molecule has 4 aliphatic carbocycles. The maximum atomic E-state index is 2.46. The topological polar surface area (TPSA) is 3.24 Å². The number of benzene rings is 3. The lowest BCUT2D eigenvalue weighted by atomic mass is 9.53. The number of hydrogen-bond acceptors (Lipinski definition) is 1. The van der Waals surface area contributed by atoms with Gasteiger partial charge in [-0.25, -0.2) is 0 Å². The number of anilines is 3. The van der Waals surface area contributed by atoms with Crippen LogP contribution >= 0.6 is 0 Å². The van der Waals surface area contributed by atoms with Gasteiger partial charge in [-0.3, -0.25) is 0 Å². The third kappa shape index (κ3) is 2.35. The van der Waals surface area contributed by atoms with Crippen LogP contribution in [0.2, 0.25) is 0 Å². The van der Waals surface area contributed by atoms with Crippen molar-refractivity contribution >= 4 is 22.6 Å². The zero-order valence-electron chi connectivity index (χ0n) is 17.3. The van der Waals surface area contributed by atoms with Crippen LogP contribution in [0.3, 0.4) is 0 Å². The van der Waals surface area contributed by atoms with Crippen LogP contribution in [0.1, 0.15) is 43.2 Å². The van der Waals surface area contributed by atoms with Crippen molar-refractivity contribution in [3.8, 4) is 0 Å². The second kappa shape index (κ2) is 6.35. The van der Waals surface area contributed by atoms with Crippen LogP contribution in [0.5, 0.6) is 0 Å². The SMILES string of the molecule is c1ccc(N2c3ccccc3C(=C3C4CC5CC(C4)CC3C5)c3ccccc32)cc1. The summed E-state index contributed by atoms with van der Waals surface area (Å²) in [5, 5.41) is 0. The largest absolute Gasteiger partial charge is 0.309 e. The second-order valence-corrected chi connectivity index (χ2v) is 9.84. The Labute approximate surface area is 179 Å². The van der Waals surface area contributed by atoms with Gasteiger partial charge in [0.05, 0.1) is 11.4 Å². The molecule has 8 rings (SSSR count). The summed E-state index contributed by atoms with van der Waals surface area (Å²) in [6.45, 7) is 0. The molecule has 4 bridgehead atoms. The van der Waals surface area contributed by atoms with E-state index in [1.54, 1.807) is 11.1 Å². The van der Waals surface area contributed by atoms with E-state index in [4.69, 9.17) is 0 Å². The molecule has 0 unspecified atom stereocenters. The summed E-state index contributed by atoms with van der Waals surface area (Å²) in [5.41, 5.74) is 10.1. The Morgan fingerprint density at radius 2 is 1.03 bits per heavy atom. The van der Waals surface area contributed by atoms with Gasteiger partial charge in [0.15, 0.2) is 0 Å². The first-order valence-electron chi connectivity index (χ1n) is 11.6. The summed E-state index contributed by atoms with van der Waals surface area (Å²) < 4.78 is 0. The van der Waals surface area contributed by atoms with Gasteiger partial charge in [-0.1, -0.05) is 60.2 Å². The van der Waals surface area contributed by atoms with E-state index in [1.807, 2.05) is 0 Å². The summed E-state index contributed by atoms with van der Waals surface area (Å²) in [6, 6.07) is 29.1. The first kappa shape index (κ1) is 16.9. The Kier molecular flexibility index (Phi) is 3.58. The normalized spacial score (nSPS) is 28.5. The van der Waals surface area contributed by atoms with Crippen LogP contribution in [0.4, 0.5) is 17.1 Å². The van der Waals surface area contributed by atoms with E-state index in [0.717, 1.165) is 23.7 Å². The lowest BCUT2D eigenvalue weighted by molar-refractivity contribution is 0.0705. The molecule has 3 aromatic carbocycles. The maximum Gasteiger partial charge on any atom is 0.0540 e.